The van der Waals surface area contributed by atoms with Gasteiger partial charge in [-0.1, -0.05) is 6.07 Å². The number of rotatable bonds is 0. The van der Waals surface area contributed by atoms with Crippen molar-refractivity contribution in [2.75, 3.05) is 7.11 Å². The van der Waals surface area contributed by atoms with Crippen molar-refractivity contribution in [2.45, 2.75) is 0 Å². The molecule has 2 nitrogen and oxygen atoms in total. The van der Waals surface area contributed by atoms with Crippen LogP contribution in [0.3, 0.4) is 0 Å². The van der Waals surface area contributed by atoms with Crippen LogP contribution in [-0.4, -0.2) is 12.1 Å². The first-order valence-corrected chi connectivity index (χ1v) is 2.72. The first kappa shape index (κ1) is 12.6. The summed E-state index contributed by atoms with van der Waals surface area (Å²) in [6.45, 7) is 0. The quantitative estimate of drug-likeness (QED) is 0.608. The molecular formula is C6H8ClCuNO+. The third-order valence-corrected chi connectivity index (χ3v) is 0.566. The Hall–Kier alpha value is -0.0805. The van der Waals surface area contributed by atoms with E-state index in [0.29, 0.717) is 0 Å². The molecule has 10 heavy (non-hydrogen) atoms. The van der Waals surface area contributed by atoms with E-state index in [9.17, 15) is 0 Å². The molecule has 0 aliphatic carbocycles. The Morgan fingerprint density at radius 3 is 1.70 bits per heavy atom. The summed E-state index contributed by atoms with van der Waals surface area (Å²) in [4.78, 5) is 3.78. The van der Waals surface area contributed by atoms with Crippen molar-refractivity contribution >= 4 is 11.9 Å². The normalized spacial score (nSPS) is 6.60. The van der Waals surface area contributed by atoms with Crippen molar-refractivity contribution in [1.82, 2.24) is 4.98 Å². The van der Waals surface area contributed by atoms with Gasteiger partial charge in [0.25, 0.3) is 0 Å². The Kier molecular flexibility index (Phi) is 14.7. The Morgan fingerprint density at radius 2 is 1.60 bits per heavy atom. The van der Waals surface area contributed by atoms with Gasteiger partial charge in [-0.3, -0.25) is 9.27 Å². The largest absolute Gasteiger partial charge is 1.00 e. The standard InChI is InChI=1S/C5H5N.CH3ClO.Cu/c1-2-4-6-5-3-1;1-3-2;/h1-5H;1H3;/q;;+1. The van der Waals surface area contributed by atoms with E-state index in [2.05, 4.69) is 21.1 Å². The maximum absolute atomic E-state index is 4.50. The number of hydrogen-bond acceptors (Lipinski definition) is 2. The predicted molar refractivity (Wildman–Crippen MR) is 37.1 cm³/mol. The molecule has 0 aromatic carbocycles. The van der Waals surface area contributed by atoms with E-state index in [-0.39, 0.29) is 17.1 Å². The van der Waals surface area contributed by atoms with Crippen LogP contribution in [0.1, 0.15) is 0 Å². The van der Waals surface area contributed by atoms with Crippen molar-refractivity contribution < 1.29 is 21.4 Å². The maximum atomic E-state index is 4.50. The molecule has 4 heteroatoms. The number of nitrogens with zero attached hydrogens (tertiary/aromatic N) is 1. The Morgan fingerprint density at radius 1 is 1.20 bits per heavy atom. The van der Waals surface area contributed by atoms with E-state index >= 15 is 0 Å². The van der Waals surface area contributed by atoms with Crippen LogP contribution in [0.25, 0.3) is 0 Å². The van der Waals surface area contributed by atoms with Gasteiger partial charge < -0.3 is 0 Å². The van der Waals surface area contributed by atoms with Crippen LogP contribution in [-0.2, 0) is 21.4 Å². The van der Waals surface area contributed by atoms with Crippen molar-refractivity contribution in [2.24, 2.45) is 0 Å². The summed E-state index contributed by atoms with van der Waals surface area (Å²) in [6.07, 6.45) is 3.50. The van der Waals surface area contributed by atoms with Crippen molar-refractivity contribution in [3.05, 3.63) is 30.6 Å². The minimum atomic E-state index is 0. The van der Waals surface area contributed by atoms with Crippen molar-refractivity contribution in [1.29, 1.82) is 0 Å². The zero-order valence-electron chi connectivity index (χ0n) is 5.42. The van der Waals surface area contributed by atoms with Gasteiger partial charge in [0.2, 0.25) is 0 Å². The molecule has 0 unspecified atom stereocenters. The fourth-order valence-corrected chi connectivity index (χ4v) is 0.313. The second-order valence-electron chi connectivity index (χ2n) is 1.18. The number of aromatic nitrogens is 1. The van der Waals surface area contributed by atoms with Gasteiger partial charge in [-0.25, -0.2) is 0 Å². The van der Waals surface area contributed by atoms with Gasteiger partial charge in [-0.2, -0.15) is 0 Å². The number of pyridine rings is 1. The summed E-state index contributed by atoms with van der Waals surface area (Å²) in [7, 11) is 1.39. The number of hydrogen-bond donors (Lipinski definition) is 0. The first-order valence-electron chi connectivity index (χ1n) is 2.41. The molecule has 0 radical (unpaired) electrons. The predicted octanol–water partition coefficient (Wildman–Crippen LogP) is 1.87. The summed E-state index contributed by atoms with van der Waals surface area (Å²) in [6, 6.07) is 5.72. The summed E-state index contributed by atoms with van der Waals surface area (Å²) < 4.78 is 3.72. The fourth-order valence-electron chi connectivity index (χ4n) is 0.313. The maximum Gasteiger partial charge on any atom is 1.00 e. The smallest absolute Gasteiger partial charge is 0.283 e. The Bertz CT molecular complexity index is 101. The van der Waals surface area contributed by atoms with Crippen LogP contribution in [0, 0.1) is 0 Å². The first-order chi connectivity index (χ1) is 4.41. The summed E-state index contributed by atoms with van der Waals surface area (Å²) in [5.74, 6) is 0. The minimum absolute atomic E-state index is 0. The van der Waals surface area contributed by atoms with Crippen molar-refractivity contribution in [3.63, 3.8) is 0 Å². The molecule has 0 aliphatic heterocycles. The van der Waals surface area contributed by atoms with Crippen LogP contribution in [0.4, 0.5) is 0 Å². The van der Waals surface area contributed by atoms with Gasteiger partial charge in [0.15, 0.2) is 0 Å². The molecule has 1 heterocycles. The van der Waals surface area contributed by atoms with Crippen LogP contribution < -0.4 is 0 Å². The van der Waals surface area contributed by atoms with Gasteiger partial charge in [-0.05, 0) is 12.1 Å². The molecule has 0 atom stereocenters. The van der Waals surface area contributed by atoms with E-state index in [1.165, 1.54) is 7.11 Å². The van der Waals surface area contributed by atoms with Crippen LogP contribution in [0.15, 0.2) is 30.6 Å². The van der Waals surface area contributed by atoms with E-state index in [1.807, 2.05) is 18.2 Å². The van der Waals surface area contributed by atoms with E-state index in [4.69, 9.17) is 0 Å². The zero-order valence-corrected chi connectivity index (χ0v) is 7.12. The topological polar surface area (TPSA) is 22.1 Å². The molecule has 0 fully saturated rings. The molecule has 0 saturated heterocycles. The fraction of sp³-hybridized carbons (Fsp3) is 0.167. The average molecular weight is 209 g/mol. The minimum Gasteiger partial charge on any atom is -0.283 e. The van der Waals surface area contributed by atoms with E-state index < -0.39 is 0 Å². The van der Waals surface area contributed by atoms with Gasteiger partial charge in [-0.15, -0.1) is 0 Å². The van der Waals surface area contributed by atoms with Gasteiger partial charge in [0.05, 0.1) is 19.0 Å². The number of halogens is 1. The van der Waals surface area contributed by atoms with Crippen molar-refractivity contribution in [3.8, 4) is 0 Å². The van der Waals surface area contributed by atoms with Crippen LogP contribution in [0.5, 0.6) is 0 Å². The van der Waals surface area contributed by atoms with Gasteiger partial charge >= 0.3 is 17.1 Å². The van der Waals surface area contributed by atoms with Gasteiger partial charge in [0, 0.05) is 12.4 Å². The molecule has 0 aliphatic rings. The second-order valence-corrected chi connectivity index (χ2v) is 1.49. The third kappa shape index (κ3) is 10.8. The molecule has 0 saturated carbocycles. The Balaban J connectivity index is 0. The molecule has 1 aromatic heterocycles. The third-order valence-electron chi connectivity index (χ3n) is 0.566. The molecule has 60 valence electrons. The average Bonchev–Trinajstić information content (AvgIpc) is 1.93. The second kappa shape index (κ2) is 11.7. The Labute approximate surface area is 76.2 Å². The molecule has 1 rings (SSSR count). The summed E-state index contributed by atoms with van der Waals surface area (Å²) in [5.41, 5.74) is 0. The van der Waals surface area contributed by atoms with Crippen LogP contribution >= 0.6 is 11.9 Å². The van der Waals surface area contributed by atoms with E-state index in [0.717, 1.165) is 0 Å². The molecule has 0 N–H and O–H groups in total. The molecule has 0 amide bonds. The van der Waals surface area contributed by atoms with E-state index in [1.54, 1.807) is 12.4 Å². The summed E-state index contributed by atoms with van der Waals surface area (Å²) >= 11 is 4.50. The molecular weight excluding hydrogens is 201 g/mol. The SMILES string of the molecule is COCl.[Cu+].c1ccncc1. The zero-order chi connectivity index (χ0) is 6.95. The van der Waals surface area contributed by atoms with Gasteiger partial charge in [0.1, 0.15) is 0 Å². The summed E-state index contributed by atoms with van der Waals surface area (Å²) in [5, 5.41) is 0. The molecule has 0 spiro atoms. The van der Waals surface area contributed by atoms with Crippen LogP contribution in [0.2, 0.25) is 0 Å². The molecule has 0 bridgehead atoms. The monoisotopic (exact) mass is 208 g/mol. The molecule has 1 aromatic rings.